The molecule has 0 amide bonds. The lowest BCUT2D eigenvalue weighted by Gasteiger charge is -2.49. The number of piperidine rings is 3. The number of nitrogens with one attached hydrogen (secondary N) is 1. The third-order valence-electron chi connectivity index (χ3n) is 11.9. The van der Waals surface area contributed by atoms with Crippen molar-refractivity contribution in [1.82, 2.24) is 0 Å². The lowest BCUT2D eigenvalue weighted by Crippen LogP contribution is -3.00. The quantitative estimate of drug-likeness (QED) is 0.192. The Morgan fingerprint density at radius 3 is 2.18 bits per heavy atom. The van der Waals surface area contributed by atoms with Crippen LogP contribution in [0.2, 0.25) is 0 Å². The molecule has 4 heterocycles. The summed E-state index contributed by atoms with van der Waals surface area (Å²) in [6.45, 7) is 9.29. The molecule has 272 valence electrons. The normalized spacial score (nSPS) is 24.8. The lowest BCUT2D eigenvalue weighted by molar-refractivity contribution is -0.955. The molecular formula is C41H56BrN3O3S2. The summed E-state index contributed by atoms with van der Waals surface area (Å²) in [6.07, 6.45) is 8.24. The van der Waals surface area contributed by atoms with Crippen LogP contribution in [0, 0.1) is 11.3 Å². The van der Waals surface area contributed by atoms with Crippen LogP contribution in [0.25, 0.3) is 0 Å². The van der Waals surface area contributed by atoms with Gasteiger partial charge in [0.15, 0.2) is 9.84 Å². The minimum atomic E-state index is -3.66. The van der Waals surface area contributed by atoms with Crippen molar-refractivity contribution in [2.75, 3.05) is 49.7 Å². The molecule has 50 heavy (non-hydrogen) atoms. The van der Waals surface area contributed by atoms with E-state index in [-0.39, 0.29) is 22.7 Å². The zero-order valence-corrected chi connectivity index (χ0v) is 33.6. The monoisotopic (exact) mass is 781 g/mol. The molecule has 6 nitrogen and oxygen atoms in total. The number of aliphatic hydroxyl groups excluding tert-OH is 1. The highest BCUT2D eigenvalue weighted by Gasteiger charge is 2.49. The van der Waals surface area contributed by atoms with E-state index in [4.69, 9.17) is 12.2 Å². The van der Waals surface area contributed by atoms with Crippen LogP contribution in [0.15, 0.2) is 71.6 Å². The number of rotatable bonds is 12. The van der Waals surface area contributed by atoms with Gasteiger partial charge in [-0.25, -0.2) is 8.42 Å². The van der Waals surface area contributed by atoms with Crippen LogP contribution >= 0.6 is 12.2 Å². The molecule has 7 rings (SSSR count). The molecule has 2 unspecified atom stereocenters. The summed E-state index contributed by atoms with van der Waals surface area (Å²) in [4.78, 5) is 2.97. The van der Waals surface area contributed by atoms with Gasteiger partial charge in [-0.1, -0.05) is 88.1 Å². The lowest BCUT2D eigenvalue weighted by atomic mass is 9.68. The average molecular weight is 783 g/mol. The topological polar surface area (TPSA) is 69.6 Å². The van der Waals surface area contributed by atoms with Crippen molar-refractivity contribution >= 4 is 38.4 Å². The standard InChI is InChI=1S/C41H55N3O3S2.BrH/c1-5-7-21-41(22-8-6-2)29-49(46,47)37-17-16-35(43(3)4)27-36(37)38(39(41)45)33-10-9-11-34(26-33)42-40(48)32-14-12-31(13-15-32)28-44-23-18-30(19-24-44)20-25-44;/h9-17,26-27,30,38-39,45H,5-8,18-25,28-29H2,1-4H3;1H. The smallest absolute Gasteiger partial charge is 0.179 e. The van der Waals surface area contributed by atoms with Crippen LogP contribution in [0.5, 0.6) is 0 Å². The Balaban J connectivity index is 0.00000486. The fraction of sp³-hybridized carbons (Fsp3) is 0.537. The number of sulfone groups is 1. The van der Waals surface area contributed by atoms with Gasteiger partial charge in [-0.05, 0) is 79.5 Å². The summed E-state index contributed by atoms with van der Waals surface area (Å²) < 4.78 is 29.7. The van der Waals surface area contributed by atoms with Gasteiger partial charge in [0.1, 0.15) is 11.5 Å². The fourth-order valence-electron chi connectivity index (χ4n) is 8.93. The molecule has 0 spiro atoms. The fourth-order valence-corrected chi connectivity index (χ4v) is 11.4. The van der Waals surface area contributed by atoms with Gasteiger partial charge in [-0.2, -0.15) is 0 Å². The molecule has 3 saturated heterocycles. The van der Waals surface area contributed by atoms with Crippen molar-refractivity contribution in [3.63, 3.8) is 0 Å². The van der Waals surface area contributed by atoms with Gasteiger partial charge < -0.3 is 36.8 Å². The molecule has 3 fully saturated rings. The first-order valence-electron chi connectivity index (χ1n) is 18.6. The number of hydrogen-bond acceptors (Lipinski definition) is 5. The predicted molar refractivity (Wildman–Crippen MR) is 206 cm³/mol. The van der Waals surface area contributed by atoms with Gasteiger partial charge in [0, 0.05) is 47.9 Å². The number of aliphatic hydroxyl groups is 1. The van der Waals surface area contributed by atoms with Gasteiger partial charge in [0.05, 0.1) is 36.4 Å². The molecule has 3 aromatic rings. The second-order valence-electron chi connectivity index (χ2n) is 15.5. The van der Waals surface area contributed by atoms with E-state index in [2.05, 4.69) is 49.5 Å². The van der Waals surface area contributed by atoms with Gasteiger partial charge in [-0.3, -0.25) is 0 Å². The van der Waals surface area contributed by atoms with Crippen molar-refractivity contribution in [1.29, 1.82) is 0 Å². The number of halogens is 1. The minimum Gasteiger partial charge on any atom is -1.00 e. The number of nitrogens with zero attached hydrogens (tertiary/aromatic N) is 2. The predicted octanol–water partition coefficient (Wildman–Crippen LogP) is 5.32. The number of unbranched alkanes of at least 4 members (excludes halogenated alkanes) is 2. The first-order chi connectivity index (χ1) is 23.5. The summed E-state index contributed by atoms with van der Waals surface area (Å²) in [7, 11) is 0.259. The molecule has 2 N–H and O–H groups in total. The Morgan fingerprint density at radius 2 is 1.58 bits per heavy atom. The summed E-state index contributed by atoms with van der Waals surface area (Å²) in [5, 5.41) is 16.1. The maximum atomic E-state index is 14.2. The van der Waals surface area contributed by atoms with Gasteiger partial charge in [-0.15, -0.1) is 0 Å². The largest absolute Gasteiger partial charge is 1.00 e. The van der Waals surface area contributed by atoms with Gasteiger partial charge in [0.2, 0.25) is 0 Å². The van der Waals surface area contributed by atoms with Crippen LogP contribution in [0.3, 0.4) is 0 Å². The Bertz CT molecular complexity index is 1710. The van der Waals surface area contributed by atoms with E-state index in [1.165, 1.54) is 48.9 Å². The van der Waals surface area contributed by atoms with E-state index in [0.717, 1.165) is 60.6 Å². The SMILES string of the molecule is CCCCC1(CCCC)CS(=O)(=O)c2ccc(N(C)C)cc2C(c2cccc(NC(=S)c3ccc(C[N+]45CCC(CC4)CC5)cc3)c2)C1O.[Br-]. The Morgan fingerprint density at radius 1 is 0.940 bits per heavy atom. The molecule has 0 aliphatic carbocycles. The highest BCUT2D eigenvalue weighted by molar-refractivity contribution is 7.91. The summed E-state index contributed by atoms with van der Waals surface area (Å²) >= 11 is 5.92. The van der Waals surface area contributed by atoms with Crippen molar-refractivity contribution in [2.45, 2.75) is 95.1 Å². The average Bonchev–Trinajstić information content (AvgIpc) is 3.17. The Labute approximate surface area is 316 Å². The Kier molecular flexibility index (Phi) is 12.6. The zero-order chi connectivity index (χ0) is 34.8. The second-order valence-corrected chi connectivity index (χ2v) is 17.9. The molecule has 0 radical (unpaired) electrons. The third-order valence-corrected chi connectivity index (χ3v) is 14.3. The molecular weight excluding hydrogens is 727 g/mol. The summed E-state index contributed by atoms with van der Waals surface area (Å²) in [6, 6.07) is 22.4. The van der Waals surface area contributed by atoms with Crippen LogP contribution in [0.1, 0.15) is 99.8 Å². The summed E-state index contributed by atoms with van der Waals surface area (Å²) in [5.74, 6) is 0.408. The molecule has 2 bridgehead atoms. The van der Waals surface area contributed by atoms with E-state index in [1.54, 1.807) is 6.07 Å². The molecule has 9 heteroatoms. The highest BCUT2D eigenvalue weighted by Crippen LogP contribution is 2.50. The first kappa shape index (κ1) is 38.9. The maximum absolute atomic E-state index is 14.2. The first-order valence-corrected chi connectivity index (χ1v) is 20.6. The zero-order valence-electron chi connectivity index (χ0n) is 30.3. The van der Waals surface area contributed by atoms with Crippen LogP contribution in [-0.2, 0) is 16.4 Å². The molecule has 3 aromatic carbocycles. The van der Waals surface area contributed by atoms with E-state index < -0.39 is 27.3 Å². The summed E-state index contributed by atoms with van der Waals surface area (Å²) in [5.41, 5.74) is 4.91. The molecule has 4 aliphatic rings. The minimum absolute atomic E-state index is 0. The molecule has 2 atom stereocenters. The van der Waals surface area contributed by atoms with Crippen molar-refractivity contribution in [3.05, 3.63) is 89.0 Å². The Hall–Kier alpha value is -2.30. The number of thiocarbonyl (C=S) groups is 1. The number of anilines is 2. The number of fused-ring (bicyclic) bond motifs is 4. The molecule has 0 aromatic heterocycles. The molecule has 0 saturated carbocycles. The highest BCUT2D eigenvalue weighted by atomic mass is 79.9. The van der Waals surface area contributed by atoms with Crippen molar-refractivity contribution in [2.24, 2.45) is 11.3 Å². The maximum Gasteiger partial charge on any atom is 0.179 e. The number of benzene rings is 3. The van der Waals surface area contributed by atoms with Crippen LogP contribution < -0.4 is 27.2 Å². The van der Waals surface area contributed by atoms with E-state index in [0.29, 0.717) is 28.3 Å². The van der Waals surface area contributed by atoms with Gasteiger partial charge >= 0.3 is 0 Å². The van der Waals surface area contributed by atoms with E-state index in [1.807, 2.05) is 49.3 Å². The van der Waals surface area contributed by atoms with E-state index >= 15 is 0 Å². The van der Waals surface area contributed by atoms with Crippen LogP contribution in [0.4, 0.5) is 11.4 Å². The van der Waals surface area contributed by atoms with Gasteiger partial charge in [0.25, 0.3) is 0 Å². The third kappa shape index (κ3) is 8.17. The second kappa shape index (κ2) is 16.2. The number of quaternary nitrogens is 1. The van der Waals surface area contributed by atoms with E-state index in [9.17, 15) is 13.5 Å². The van der Waals surface area contributed by atoms with Crippen molar-refractivity contribution in [3.8, 4) is 0 Å². The van der Waals surface area contributed by atoms with Crippen LogP contribution in [-0.4, -0.2) is 68.6 Å². The van der Waals surface area contributed by atoms with Crippen molar-refractivity contribution < 1.29 is 35.0 Å². The number of hydrogen-bond donors (Lipinski definition) is 2. The molecule has 4 aliphatic heterocycles.